The Bertz CT molecular complexity index is 546. The third-order valence-electron chi connectivity index (χ3n) is 2.21. The quantitative estimate of drug-likeness (QED) is 0.727. The minimum absolute atomic E-state index is 0.144. The van der Waals surface area contributed by atoms with Crippen molar-refractivity contribution in [2.45, 2.75) is 6.42 Å². The van der Waals surface area contributed by atoms with E-state index in [0.717, 1.165) is 0 Å². The van der Waals surface area contributed by atoms with Gasteiger partial charge in [-0.2, -0.15) is 5.10 Å². The minimum Gasteiger partial charge on any atom is -0.508 e. The van der Waals surface area contributed by atoms with E-state index in [1.807, 2.05) is 0 Å². The summed E-state index contributed by atoms with van der Waals surface area (Å²) in [5.74, 6) is -0.461. The Kier molecular flexibility index (Phi) is 2.70. The van der Waals surface area contributed by atoms with Gasteiger partial charge in [-0.3, -0.25) is 4.79 Å². The van der Waals surface area contributed by atoms with Crippen molar-refractivity contribution in [2.24, 2.45) is 0 Å². The van der Waals surface area contributed by atoms with Crippen LogP contribution in [0.2, 0.25) is 0 Å². The zero-order chi connectivity index (χ0) is 12.4. The first-order valence-corrected chi connectivity index (χ1v) is 4.92. The maximum absolute atomic E-state index is 10.5. The van der Waals surface area contributed by atoms with Gasteiger partial charge in [0.05, 0.1) is 17.8 Å². The van der Waals surface area contributed by atoms with Crippen LogP contribution in [0.15, 0.2) is 30.3 Å². The number of rotatable bonds is 3. The van der Waals surface area contributed by atoms with Crippen molar-refractivity contribution >= 4 is 11.8 Å². The summed E-state index contributed by atoms with van der Waals surface area (Å²) in [6.07, 6.45) is -0.171. The molecule has 0 radical (unpaired) electrons. The molecule has 0 unspecified atom stereocenters. The fourth-order valence-corrected chi connectivity index (χ4v) is 1.49. The predicted molar refractivity (Wildman–Crippen MR) is 61.0 cm³/mol. The Morgan fingerprint density at radius 1 is 1.35 bits per heavy atom. The average Bonchev–Trinajstić information content (AvgIpc) is 2.59. The molecule has 17 heavy (non-hydrogen) atoms. The topological polar surface area (TPSA) is 101 Å². The van der Waals surface area contributed by atoms with Crippen molar-refractivity contribution in [2.75, 3.05) is 5.73 Å². The molecule has 0 fully saturated rings. The van der Waals surface area contributed by atoms with Gasteiger partial charge in [0, 0.05) is 6.07 Å². The average molecular weight is 233 g/mol. The molecule has 1 heterocycles. The summed E-state index contributed by atoms with van der Waals surface area (Å²) < 4.78 is 1.43. The Morgan fingerprint density at radius 3 is 2.59 bits per heavy atom. The molecule has 0 atom stereocenters. The minimum atomic E-state index is -0.958. The normalized spacial score (nSPS) is 10.4. The number of aromatic hydroxyl groups is 1. The third-order valence-corrected chi connectivity index (χ3v) is 2.21. The second-order valence-electron chi connectivity index (χ2n) is 3.56. The van der Waals surface area contributed by atoms with E-state index in [9.17, 15) is 4.79 Å². The van der Waals surface area contributed by atoms with Crippen LogP contribution >= 0.6 is 0 Å². The lowest BCUT2D eigenvalue weighted by molar-refractivity contribution is -0.136. The number of hydrogen-bond acceptors (Lipinski definition) is 4. The van der Waals surface area contributed by atoms with Gasteiger partial charge in [-0.25, -0.2) is 4.68 Å². The summed E-state index contributed by atoms with van der Waals surface area (Å²) >= 11 is 0. The molecule has 0 saturated heterocycles. The van der Waals surface area contributed by atoms with Crippen molar-refractivity contribution in [1.82, 2.24) is 9.78 Å². The summed E-state index contributed by atoms with van der Waals surface area (Å²) in [6.45, 7) is 0. The van der Waals surface area contributed by atoms with Crippen molar-refractivity contribution in [3.05, 3.63) is 36.0 Å². The molecule has 0 aliphatic carbocycles. The van der Waals surface area contributed by atoms with Crippen LogP contribution in [-0.2, 0) is 11.2 Å². The summed E-state index contributed by atoms with van der Waals surface area (Å²) in [7, 11) is 0. The van der Waals surface area contributed by atoms with Crippen LogP contribution in [0.25, 0.3) is 5.69 Å². The fourth-order valence-electron chi connectivity index (χ4n) is 1.49. The van der Waals surface area contributed by atoms with Crippen LogP contribution < -0.4 is 5.73 Å². The van der Waals surface area contributed by atoms with Gasteiger partial charge in [0.15, 0.2) is 0 Å². The summed E-state index contributed by atoms with van der Waals surface area (Å²) in [6, 6.07) is 7.81. The summed E-state index contributed by atoms with van der Waals surface area (Å²) in [4.78, 5) is 10.5. The third kappa shape index (κ3) is 2.36. The number of nitrogens with two attached hydrogens (primary N) is 1. The van der Waals surface area contributed by atoms with Crippen LogP contribution in [0.3, 0.4) is 0 Å². The number of phenols is 1. The second-order valence-corrected chi connectivity index (χ2v) is 3.56. The van der Waals surface area contributed by atoms with Crippen LogP contribution in [0.1, 0.15) is 5.69 Å². The summed E-state index contributed by atoms with van der Waals surface area (Å²) in [5.41, 5.74) is 6.79. The zero-order valence-electron chi connectivity index (χ0n) is 8.87. The molecule has 0 spiro atoms. The Morgan fingerprint density at radius 2 is 2.00 bits per heavy atom. The van der Waals surface area contributed by atoms with Crippen LogP contribution in [0, 0.1) is 0 Å². The van der Waals surface area contributed by atoms with E-state index in [0.29, 0.717) is 17.2 Å². The van der Waals surface area contributed by atoms with Crippen molar-refractivity contribution in [1.29, 1.82) is 0 Å². The molecular weight excluding hydrogens is 222 g/mol. The van der Waals surface area contributed by atoms with E-state index in [2.05, 4.69) is 5.10 Å². The van der Waals surface area contributed by atoms with Gasteiger partial charge in [0.25, 0.3) is 0 Å². The number of anilines is 1. The molecule has 0 amide bonds. The number of nitrogen functional groups attached to an aromatic ring is 1. The number of phenolic OH excluding ortho intramolecular Hbond substituents is 1. The standard InChI is InChI=1S/C11H11N3O3/c12-10-5-7(6-11(16)17)13-14(10)8-1-3-9(15)4-2-8/h1-5,15H,6,12H2,(H,16,17). The molecule has 4 N–H and O–H groups in total. The maximum Gasteiger partial charge on any atom is 0.309 e. The largest absolute Gasteiger partial charge is 0.508 e. The van der Waals surface area contributed by atoms with Gasteiger partial charge in [0.1, 0.15) is 11.6 Å². The molecule has 6 heteroatoms. The van der Waals surface area contributed by atoms with Crippen LogP contribution in [0.4, 0.5) is 5.82 Å². The van der Waals surface area contributed by atoms with E-state index >= 15 is 0 Å². The number of carbonyl (C=O) groups is 1. The SMILES string of the molecule is Nc1cc(CC(=O)O)nn1-c1ccc(O)cc1. The number of aliphatic carboxylic acids is 1. The number of nitrogens with zero attached hydrogens (tertiary/aromatic N) is 2. The molecule has 0 bridgehead atoms. The Balaban J connectivity index is 2.35. The van der Waals surface area contributed by atoms with Crippen molar-refractivity contribution in [3.8, 4) is 11.4 Å². The Hall–Kier alpha value is -2.50. The van der Waals surface area contributed by atoms with E-state index in [-0.39, 0.29) is 12.2 Å². The van der Waals surface area contributed by atoms with Gasteiger partial charge in [-0.05, 0) is 24.3 Å². The Labute approximate surface area is 96.9 Å². The highest BCUT2D eigenvalue weighted by Gasteiger charge is 2.09. The lowest BCUT2D eigenvalue weighted by atomic mass is 10.3. The molecule has 88 valence electrons. The van der Waals surface area contributed by atoms with Gasteiger partial charge >= 0.3 is 5.97 Å². The highest BCUT2D eigenvalue weighted by Crippen LogP contribution is 2.17. The number of hydrogen-bond donors (Lipinski definition) is 3. The van der Waals surface area contributed by atoms with E-state index in [1.54, 1.807) is 12.1 Å². The van der Waals surface area contributed by atoms with E-state index < -0.39 is 5.97 Å². The summed E-state index contributed by atoms with van der Waals surface area (Å²) in [5, 5.41) is 21.9. The molecule has 0 aliphatic heterocycles. The molecule has 0 saturated carbocycles. The molecule has 1 aromatic heterocycles. The van der Waals surface area contributed by atoms with Gasteiger partial charge < -0.3 is 15.9 Å². The zero-order valence-corrected chi connectivity index (χ0v) is 8.87. The molecule has 1 aromatic carbocycles. The van der Waals surface area contributed by atoms with Gasteiger partial charge in [0.2, 0.25) is 0 Å². The first-order chi connectivity index (χ1) is 8.06. The molecule has 2 aromatic rings. The number of carboxylic acids is 1. The number of carboxylic acid groups (broad SMARTS) is 1. The molecule has 6 nitrogen and oxygen atoms in total. The predicted octanol–water partition coefficient (Wildman–Crippen LogP) is 0.787. The van der Waals surface area contributed by atoms with Crippen LogP contribution in [0.5, 0.6) is 5.75 Å². The maximum atomic E-state index is 10.5. The molecule has 0 aliphatic rings. The molecule has 2 rings (SSSR count). The van der Waals surface area contributed by atoms with E-state index in [1.165, 1.54) is 22.9 Å². The lowest BCUT2D eigenvalue weighted by Crippen LogP contribution is -2.03. The monoisotopic (exact) mass is 233 g/mol. The second kappa shape index (κ2) is 4.17. The molecular formula is C11H11N3O3. The smallest absolute Gasteiger partial charge is 0.309 e. The highest BCUT2D eigenvalue weighted by atomic mass is 16.4. The first kappa shape index (κ1) is 11.0. The lowest BCUT2D eigenvalue weighted by Gasteiger charge is -2.03. The van der Waals surface area contributed by atoms with Gasteiger partial charge in [-0.15, -0.1) is 0 Å². The number of aromatic nitrogens is 2. The first-order valence-electron chi connectivity index (χ1n) is 4.92. The van der Waals surface area contributed by atoms with Crippen molar-refractivity contribution in [3.63, 3.8) is 0 Å². The highest BCUT2D eigenvalue weighted by molar-refractivity contribution is 5.70. The van der Waals surface area contributed by atoms with Crippen molar-refractivity contribution < 1.29 is 15.0 Å². The van der Waals surface area contributed by atoms with Gasteiger partial charge in [-0.1, -0.05) is 0 Å². The number of benzene rings is 1. The van der Waals surface area contributed by atoms with Crippen LogP contribution in [-0.4, -0.2) is 26.0 Å². The fraction of sp³-hybridized carbons (Fsp3) is 0.0909. The van der Waals surface area contributed by atoms with E-state index in [4.69, 9.17) is 15.9 Å².